The van der Waals surface area contributed by atoms with E-state index in [2.05, 4.69) is 9.98 Å². The van der Waals surface area contributed by atoms with Crippen LogP contribution in [0.2, 0.25) is 5.02 Å². The topological polar surface area (TPSA) is 102 Å². The van der Waals surface area contributed by atoms with E-state index < -0.39 is 4.92 Å². The molecule has 2 aromatic heterocycles. The zero-order valence-electron chi connectivity index (χ0n) is 18.8. The Morgan fingerprint density at radius 1 is 1.14 bits per heavy atom. The SMILES string of the molecule is Cc1ccc(-c2ccc(/C=C3/SC(=Nc4ccncc4Cl)N(c4ccccc4)C3=O)o2)c([N+](=O)[O-])c1. The number of amidine groups is 1. The van der Waals surface area contributed by atoms with Crippen molar-refractivity contribution in [2.45, 2.75) is 6.92 Å². The second kappa shape index (κ2) is 9.80. The zero-order chi connectivity index (χ0) is 25.2. The number of hydrogen-bond donors (Lipinski definition) is 0. The summed E-state index contributed by atoms with van der Waals surface area (Å²) in [6.07, 6.45) is 4.66. The molecular formula is C26H17ClN4O4S. The van der Waals surface area contributed by atoms with Crippen LogP contribution in [0.5, 0.6) is 0 Å². The molecule has 0 bridgehead atoms. The van der Waals surface area contributed by atoms with Gasteiger partial charge in [0.15, 0.2) is 5.17 Å². The molecule has 10 heteroatoms. The highest BCUT2D eigenvalue weighted by Crippen LogP contribution is 2.39. The highest BCUT2D eigenvalue weighted by molar-refractivity contribution is 8.19. The third-order valence-electron chi connectivity index (χ3n) is 5.30. The average Bonchev–Trinajstić information content (AvgIpc) is 3.45. The second-order valence-corrected chi connectivity index (χ2v) is 9.20. The largest absolute Gasteiger partial charge is 0.456 e. The number of benzene rings is 2. The summed E-state index contributed by atoms with van der Waals surface area (Å²) < 4.78 is 5.89. The van der Waals surface area contributed by atoms with Crippen LogP contribution >= 0.6 is 23.4 Å². The van der Waals surface area contributed by atoms with Gasteiger partial charge in [0.05, 0.1) is 31.8 Å². The van der Waals surface area contributed by atoms with E-state index in [1.54, 1.807) is 49.5 Å². The van der Waals surface area contributed by atoms with E-state index >= 15 is 0 Å². The molecule has 0 radical (unpaired) electrons. The summed E-state index contributed by atoms with van der Waals surface area (Å²) in [5.74, 6) is 0.433. The molecule has 0 unspecified atom stereocenters. The van der Waals surface area contributed by atoms with Crippen molar-refractivity contribution in [2.75, 3.05) is 4.90 Å². The molecular weight excluding hydrogens is 500 g/mol. The molecule has 0 N–H and O–H groups in total. The van der Waals surface area contributed by atoms with Crippen molar-refractivity contribution in [2.24, 2.45) is 4.99 Å². The average molecular weight is 517 g/mol. The Kier molecular flexibility index (Phi) is 6.41. The second-order valence-electron chi connectivity index (χ2n) is 7.79. The summed E-state index contributed by atoms with van der Waals surface area (Å²) in [5, 5.41) is 12.3. The molecule has 0 saturated carbocycles. The summed E-state index contributed by atoms with van der Waals surface area (Å²) in [4.78, 5) is 35.0. The summed E-state index contributed by atoms with van der Waals surface area (Å²) in [6, 6.07) is 19.1. The van der Waals surface area contributed by atoms with Crippen molar-refractivity contribution >= 4 is 57.6 Å². The lowest BCUT2D eigenvalue weighted by Gasteiger charge is -2.15. The van der Waals surface area contributed by atoms with Crippen molar-refractivity contribution in [3.8, 4) is 11.3 Å². The van der Waals surface area contributed by atoms with Crippen molar-refractivity contribution < 1.29 is 14.1 Å². The number of para-hydroxylation sites is 1. The van der Waals surface area contributed by atoms with Gasteiger partial charge in [0, 0.05) is 24.5 Å². The molecule has 1 saturated heterocycles. The molecule has 1 aliphatic heterocycles. The monoisotopic (exact) mass is 516 g/mol. The van der Waals surface area contributed by atoms with Gasteiger partial charge < -0.3 is 4.42 Å². The number of thioether (sulfide) groups is 1. The molecule has 4 aromatic rings. The summed E-state index contributed by atoms with van der Waals surface area (Å²) in [7, 11) is 0. The van der Waals surface area contributed by atoms with Crippen LogP contribution in [0.3, 0.4) is 0 Å². The first-order valence-corrected chi connectivity index (χ1v) is 11.9. The number of pyridine rings is 1. The Morgan fingerprint density at radius 3 is 2.69 bits per heavy atom. The van der Waals surface area contributed by atoms with Gasteiger partial charge in [-0.3, -0.25) is 24.8 Å². The molecule has 2 aromatic carbocycles. The van der Waals surface area contributed by atoms with Crippen LogP contribution in [-0.2, 0) is 4.79 Å². The minimum Gasteiger partial charge on any atom is -0.456 e. The standard InChI is InChI=1S/C26H17ClN4O4S/c1-16-7-9-19(22(13-16)31(33)34)23-10-8-18(35-23)14-24-25(32)30(17-5-3-2-4-6-17)26(36-24)29-21-11-12-28-15-20(21)27/h2-15H,1H3/b24-14+,29-26?. The number of aromatic nitrogens is 1. The van der Waals surface area contributed by atoms with Crippen molar-refractivity contribution in [1.82, 2.24) is 4.98 Å². The molecule has 1 fully saturated rings. The number of hydrogen-bond acceptors (Lipinski definition) is 7. The third-order valence-corrected chi connectivity index (χ3v) is 6.56. The number of nitro groups is 1. The molecule has 0 aliphatic carbocycles. The van der Waals surface area contributed by atoms with Gasteiger partial charge in [-0.1, -0.05) is 35.9 Å². The Bertz CT molecular complexity index is 1550. The maximum Gasteiger partial charge on any atom is 0.280 e. The smallest absolute Gasteiger partial charge is 0.280 e. The summed E-state index contributed by atoms with van der Waals surface area (Å²) in [5.41, 5.74) is 2.22. The maximum absolute atomic E-state index is 13.4. The highest BCUT2D eigenvalue weighted by atomic mass is 35.5. The fourth-order valence-electron chi connectivity index (χ4n) is 3.62. The van der Waals surface area contributed by atoms with Crippen LogP contribution in [-0.4, -0.2) is 21.0 Å². The van der Waals surface area contributed by atoms with Crippen molar-refractivity contribution in [3.05, 3.63) is 110 Å². The van der Waals surface area contributed by atoms with E-state index in [0.29, 0.717) is 43.6 Å². The Morgan fingerprint density at radius 2 is 1.94 bits per heavy atom. The molecule has 178 valence electrons. The number of carbonyl (C=O) groups is 1. The molecule has 5 rings (SSSR count). The Balaban J connectivity index is 1.53. The molecule has 8 nitrogen and oxygen atoms in total. The van der Waals surface area contributed by atoms with E-state index in [1.807, 2.05) is 30.3 Å². The molecule has 0 spiro atoms. The van der Waals surface area contributed by atoms with Crippen LogP contribution < -0.4 is 4.90 Å². The van der Waals surface area contributed by atoms with Gasteiger partial charge in [-0.2, -0.15) is 0 Å². The normalized spacial score (nSPS) is 15.7. The maximum atomic E-state index is 13.4. The lowest BCUT2D eigenvalue weighted by molar-refractivity contribution is -0.384. The predicted octanol–water partition coefficient (Wildman–Crippen LogP) is 7.02. The van der Waals surface area contributed by atoms with E-state index in [1.165, 1.54) is 28.9 Å². The van der Waals surface area contributed by atoms with E-state index in [0.717, 1.165) is 5.56 Å². The fourth-order valence-corrected chi connectivity index (χ4v) is 4.76. The van der Waals surface area contributed by atoms with Gasteiger partial charge >= 0.3 is 0 Å². The molecule has 0 atom stereocenters. The van der Waals surface area contributed by atoms with Crippen molar-refractivity contribution in [1.29, 1.82) is 0 Å². The number of halogens is 1. The highest BCUT2D eigenvalue weighted by Gasteiger charge is 2.35. The minimum absolute atomic E-state index is 0.0474. The van der Waals surface area contributed by atoms with E-state index in [9.17, 15) is 14.9 Å². The number of nitro benzene ring substituents is 1. The molecule has 1 aliphatic rings. The van der Waals surface area contributed by atoms with Crippen LogP contribution in [0.15, 0.2) is 93.4 Å². The third kappa shape index (κ3) is 4.66. The molecule has 36 heavy (non-hydrogen) atoms. The number of aliphatic imine (C=N–C) groups is 1. The number of furan rings is 1. The van der Waals surface area contributed by atoms with E-state index in [-0.39, 0.29) is 11.6 Å². The number of nitrogens with zero attached hydrogens (tertiary/aromatic N) is 4. The minimum atomic E-state index is -0.440. The first-order valence-electron chi connectivity index (χ1n) is 10.7. The zero-order valence-corrected chi connectivity index (χ0v) is 20.4. The molecule has 3 heterocycles. The fraction of sp³-hybridized carbons (Fsp3) is 0.0385. The number of anilines is 1. The number of aryl methyl sites for hydroxylation is 1. The Hall–Kier alpha value is -4.21. The first kappa shape index (κ1) is 23.5. The number of amides is 1. The summed E-state index contributed by atoms with van der Waals surface area (Å²) in [6.45, 7) is 1.79. The molecule has 1 amide bonds. The van der Waals surface area contributed by atoms with Gasteiger partial charge in [0.25, 0.3) is 11.6 Å². The number of rotatable bonds is 5. The quantitative estimate of drug-likeness (QED) is 0.160. The lowest BCUT2D eigenvalue weighted by Crippen LogP contribution is -2.28. The Labute approximate surface area is 215 Å². The van der Waals surface area contributed by atoms with Crippen LogP contribution in [0.1, 0.15) is 11.3 Å². The van der Waals surface area contributed by atoms with E-state index in [4.69, 9.17) is 16.0 Å². The summed E-state index contributed by atoms with van der Waals surface area (Å²) >= 11 is 7.42. The van der Waals surface area contributed by atoms with Crippen LogP contribution in [0.25, 0.3) is 17.4 Å². The first-order chi connectivity index (χ1) is 17.4. The van der Waals surface area contributed by atoms with Gasteiger partial charge in [-0.05, 0) is 60.6 Å². The van der Waals surface area contributed by atoms with Gasteiger partial charge in [0.2, 0.25) is 0 Å². The van der Waals surface area contributed by atoms with Gasteiger partial charge in [-0.25, -0.2) is 4.99 Å². The van der Waals surface area contributed by atoms with Gasteiger partial charge in [0.1, 0.15) is 11.5 Å². The van der Waals surface area contributed by atoms with Crippen LogP contribution in [0, 0.1) is 17.0 Å². The van der Waals surface area contributed by atoms with Crippen LogP contribution in [0.4, 0.5) is 17.1 Å². The van der Waals surface area contributed by atoms with Crippen molar-refractivity contribution in [3.63, 3.8) is 0 Å². The predicted molar refractivity (Wildman–Crippen MR) is 141 cm³/mol. The van der Waals surface area contributed by atoms with Gasteiger partial charge in [-0.15, -0.1) is 0 Å². The number of carbonyl (C=O) groups excluding carboxylic acids is 1. The lowest BCUT2D eigenvalue weighted by atomic mass is 10.1.